The van der Waals surface area contributed by atoms with Crippen molar-refractivity contribution in [2.45, 2.75) is 77.0 Å². The maximum absolute atomic E-state index is 11.1. The van der Waals surface area contributed by atoms with E-state index in [-0.39, 0.29) is 24.2 Å². The number of nitrogens with one attached hydrogen (secondary N) is 1. The maximum Gasteiger partial charge on any atom is 0.217 e. The summed E-state index contributed by atoms with van der Waals surface area (Å²) in [5.74, 6) is 2.59. The molecule has 2 fully saturated rings. The highest BCUT2D eigenvalue weighted by Crippen LogP contribution is 2.33. The van der Waals surface area contributed by atoms with Crippen molar-refractivity contribution < 1.29 is 14.3 Å². The fourth-order valence-electron chi connectivity index (χ4n) is 4.08. The smallest absolute Gasteiger partial charge is 0.217 e. The van der Waals surface area contributed by atoms with Gasteiger partial charge in [0.05, 0.1) is 12.7 Å². The molecule has 2 aromatic rings. The molecule has 7 nitrogen and oxygen atoms in total. The van der Waals surface area contributed by atoms with Gasteiger partial charge in [-0.15, -0.1) is 0 Å². The number of imidazole rings is 1. The molecule has 29 heavy (non-hydrogen) atoms. The van der Waals surface area contributed by atoms with Crippen LogP contribution in [-0.4, -0.2) is 45.3 Å². The molecule has 0 radical (unpaired) electrons. The van der Waals surface area contributed by atoms with Crippen molar-refractivity contribution in [1.82, 2.24) is 19.9 Å². The largest absolute Gasteiger partial charge is 0.474 e. The van der Waals surface area contributed by atoms with Gasteiger partial charge >= 0.3 is 0 Å². The van der Waals surface area contributed by atoms with Gasteiger partial charge in [0.15, 0.2) is 5.65 Å². The first-order valence-electron chi connectivity index (χ1n) is 10.9. The Morgan fingerprint density at radius 3 is 2.59 bits per heavy atom. The number of aryl methyl sites for hydroxylation is 1. The third kappa shape index (κ3) is 5.26. The highest BCUT2D eigenvalue weighted by Gasteiger charge is 2.26. The summed E-state index contributed by atoms with van der Waals surface area (Å²) < 4.78 is 14.3. The van der Waals surface area contributed by atoms with Crippen LogP contribution in [0.3, 0.4) is 0 Å². The third-order valence-corrected chi connectivity index (χ3v) is 5.89. The summed E-state index contributed by atoms with van der Waals surface area (Å²) in [5.41, 5.74) is 1.85. The number of nitrogens with zero attached hydrogens (tertiary/aromatic N) is 3. The number of rotatable bonds is 8. The zero-order valence-corrected chi connectivity index (χ0v) is 17.7. The fraction of sp³-hybridized carbons (Fsp3) is 0.682. The summed E-state index contributed by atoms with van der Waals surface area (Å²) in [7, 11) is 2.05. The van der Waals surface area contributed by atoms with Crippen LogP contribution in [0.1, 0.15) is 58.2 Å². The Bertz CT molecular complexity index is 853. The molecule has 1 N–H and O–H groups in total. The monoisotopic (exact) mass is 400 g/mol. The molecule has 2 aromatic heterocycles. The lowest BCUT2D eigenvalue weighted by Crippen LogP contribution is -2.36. The predicted octanol–water partition coefficient (Wildman–Crippen LogP) is 3.15. The zero-order chi connectivity index (χ0) is 20.4. The van der Waals surface area contributed by atoms with Crippen molar-refractivity contribution in [1.29, 1.82) is 0 Å². The lowest BCUT2D eigenvalue weighted by atomic mass is 9.95. The first kappa shape index (κ1) is 20.1. The van der Waals surface area contributed by atoms with E-state index in [1.807, 2.05) is 26.1 Å². The van der Waals surface area contributed by atoms with Crippen LogP contribution < -0.4 is 10.1 Å². The number of hydrogen-bond donors (Lipinski definition) is 1. The summed E-state index contributed by atoms with van der Waals surface area (Å²) in [6.45, 7) is 4.05. The second kappa shape index (κ2) is 8.69. The molecule has 1 amide bonds. The predicted molar refractivity (Wildman–Crippen MR) is 111 cm³/mol. The van der Waals surface area contributed by atoms with Crippen LogP contribution in [0, 0.1) is 5.92 Å². The van der Waals surface area contributed by atoms with Gasteiger partial charge in [-0.2, -0.15) is 4.98 Å². The van der Waals surface area contributed by atoms with Gasteiger partial charge in [0.25, 0.3) is 0 Å². The van der Waals surface area contributed by atoms with E-state index in [2.05, 4.69) is 9.88 Å². The Labute approximate surface area is 172 Å². The number of ether oxygens (including phenoxy) is 2. The molecule has 0 unspecified atom stereocenters. The van der Waals surface area contributed by atoms with E-state index in [9.17, 15) is 4.79 Å². The maximum atomic E-state index is 11.1. The summed E-state index contributed by atoms with van der Waals surface area (Å²) in [6.07, 6.45) is 7.96. The number of carbonyl (C=O) groups excluding carboxylic acids is 1. The van der Waals surface area contributed by atoms with E-state index >= 15 is 0 Å². The van der Waals surface area contributed by atoms with Crippen LogP contribution in [0.2, 0.25) is 0 Å². The Kier molecular flexibility index (Phi) is 6.04. The highest BCUT2D eigenvalue weighted by atomic mass is 16.5. The molecule has 7 heteroatoms. The van der Waals surface area contributed by atoms with Gasteiger partial charge in [0, 0.05) is 32.5 Å². The Hall–Kier alpha value is -2.15. The first-order valence-corrected chi connectivity index (χ1v) is 10.9. The molecule has 4 rings (SSSR count). The number of hydrogen-bond acceptors (Lipinski definition) is 5. The number of aromatic nitrogens is 3. The quantitative estimate of drug-likeness (QED) is 0.736. The topological polar surface area (TPSA) is 78.3 Å². The molecular formula is C22H32N4O3. The van der Waals surface area contributed by atoms with Crippen molar-refractivity contribution in [3.8, 4) is 5.88 Å². The number of pyridine rings is 1. The number of fused-ring (bicyclic) bond motifs is 1. The van der Waals surface area contributed by atoms with Crippen molar-refractivity contribution >= 4 is 17.1 Å². The molecule has 2 heterocycles. The Morgan fingerprint density at radius 1 is 1.17 bits per heavy atom. The van der Waals surface area contributed by atoms with Crippen molar-refractivity contribution in [2.75, 3.05) is 6.61 Å². The molecule has 2 aliphatic carbocycles. The van der Waals surface area contributed by atoms with Crippen LogP contribution >= 0.6 is 0 Å². The summed E-state index contributed by atoms with van der Waals surface area (Å²) >= 11 is 0. The molecule has 2 aliphatic rings. The highest BCUT2D eigenvalue weighted by molar-refractivity contribution is 5.73. The van der Waals surface area contributed by atoms with E-state index in [4.69, 9.17) is 19.4 Å². The lowest BCUT2D eigenvalue weighted by Gasteiger charge is -2.29. The molecule has 0 saturated heterocycles. The van der Waals surface area contributed by atoms with E-state index in [0.29, 0.717) is 12.5 Å². The minimum atomic E-state index is -0.0178. The van der Waals surface area contributed by atoms with Crippen molar-refractivity contribution in [2.24, 2.45) is 13.0 Å². The SMILES string of the molecule is CC(=O)N[C@@H](C)COC1CCC(Oc2ccc3nc(CC4CC4)n(C)c3n2)CC1. The van der Waals surface area contributed by atoms with Gasteiger partial charge in [-0.1, -0.05) is 0 Å². The fourth-order valence-corrected chi connectivity index (χ4v) is 4.08. The zero-order valence-electron chi connectivity index (χ0n) is 17.7. The summed E-state index contributed by atoms with van der Waals surface area (Å²) in [6, 6.07) is 4.00. The molecule has 0 spiro atoms. The third-order valence-electron chi connectivity index (χ3n) is 5.89. The average Bonchev–Trinajstić information content (AvgIpc) is 3.45. The van der Waals surface area contributed by atoms with E-state index in [0.717, 1.165) is 55.0 Å². The number of carbonyl (C=O) groups is 1. The van der Waals surface area contributed by atoms with E-state index in [1.54, 1.807) is 0 Å². The minimum Gasteiger partial charge on any atom is -0.474 e. The van der Waals surface area contributed by atoms with Gasteiger partial charge in [0.1, 0.15) is 17.4 Å². The first-order chi connectivity index (χ1) is 14.0. The molecule has 0 aromatic carbocycles. The van der Waals surface area contributed by atoms with Gasteiger partial charge in [-0.05, 0) is 57.4 Å². The van der Waals surface area contributed by atoms with Crippen molar-refractivity contribution in [3.05, 3.63) is 18.0 Å². The lowest BCUT2D eigenvalue weighted by molar-refractivity contribution is -0.120. The molecule has 158 valence electrons. The second-order valence-electron chi connectivity index (χ2n) is 8.68. The van der Waals surface area contributed by atoms with Gasteiger partial charge in [0.2, 0.25) is 11.8 Å². The number of amides is 1. The van der Waals surface area contributed by atoms with Crippen LogP contribution in [0.25, 0.3) is 11.2 Å². The molecule has 1 atom stereocenters. The molecule has 2 saturated carbocycles. The van der Waals surface area contributed by atoms with Crippen LogP contribution in [-0.2, 0) is 23.0 Å². The van der Waals surface area contributed by atoms with Gasteiger partial charge in [-0.25, -0.2) is 4.98 Å². The van der Waals surface area contributed by atoms with E-state index in [1.165, 1.54) is 19.8 Å². The van der Waals surface area contributed by atoms with Crippen LogP contribution in [0.5, 0.6) is 5.88 Å². The standard InChI is InChI=1S/C22H32N4O3/c1-14(23-15(2)27)13-28-17-6-8-18(9-7-17)29-21-11-10-19-22(25-21)26(3)20(24-19)12-16-4-5-16/h10-11,14,16-18H,4-9,12-13H2,1-3H3,(H,23,27)/t14-,17?,18?/m0/s1. The van der Waals surface area contributed by atoms with E-state index < -0.39 is 0 Å². The summed E-state index contributed by atoms with van der Waals surface area (Å²) in [4.78, 5) is 20.6. The Balaban J connectivity index is 1.28. The minimum absolute atomic E-state index is 0.0178. The second-order valence-corrected chi connectivity index (χ2v) is 8.68. The van der Waals surface area contributed by atoms with Gasteiger partial charge in [-0.3, -0.25) is 4.79 Å². The Morgan fingerprint density at radius 2 is 1.90 bits per heavy atom. The molecule has 0 aliphatic heterocycles. The molecular weight excluding hydrogens is 368 g/mol. The molecule has 0 bridgehead atoms. The van der Waals surface area contributed by atoms with Crippen molar-refractivity contribution in [3.63, 3.8) is 0 Å². The van der Waals surface area contributed by atoms with Gasteiger partial charge < -0.3 is 19.4 Å². The van der Waals surface area contributed by atoms with Crippen LogP contribution in [0.15, 0.2) is 12.1 Å². The average molecular weight is 401 g/mol. The van der Waals surface area contributed by atoms with Crippen LogP contribution in [0.4, 0.5) is 0 Å². The normalized spacial score (nSPS) is 23.1. The summed E-state index contributed by atoms with van der Waals surface area (Å²) in [5, 5.41) is 2.85.